The summed E-state index contributed by atoms with van der Waals surface area (Å²) in [6.07, 6.45) is 0. The van der Waals surface area contributed by atoms with Gasteiger partial charge in [-0.2, -0.15) is 0 Å². The molecule has 0 unspecified atom stereocenters. The summed E-state index contributed by atoms with van der Waals surface area (Å²) >= 11 is 0. The van der Waals surface area contributed by atoms with Gasteiger partial charge in [0.1, 0.15) is 5.75 Å². The number of methoxy groups -OCH3 is 1. The Kier molecular flexibility index (Phi) is 7.48. The standard InChI is InChI=1S/C43H34N2OS/c1-46-37-22-16-21-35(31-37)45-40-27-14-15-28-42(40)47(38-23-10-4-11-24-38,39-25-12-5-13-26-39)43-32-36(29-30-41(43)45)44(33-17-6-2-7-18-33)34-19-8-3-9-20-34/h2-32H,1H3. The van der Waals surface area contributed by atoms with Crippen LogP contribution in [0.5, 0.6) is 5.75 Å². The van der Waals surface area contributed by atoms with Gasteiger partial charge in [0, 0.05) is 48.4 Å². The third kappa shape index (κ3) is 4.86. The van der Waals surface area contributed by atoms with E-state index in [0.717, 1.165) is 34.2 Å². The lowest BCUT2D eigenvalue weighted by atomic mass is 10.1. The van der Waals surface area contributed by atoms with E-state index < -0.39 is 10.0 Å². The van der Waals surface area contributed by atoms with Crippen LogP contribution >= 0.6 is 10.0 Å². The molecule has 4 heteroatoms. The van der Waals surface area contributed by atoms with Gasteiger partial charge in [0.25, 0.3) is 0 Å². The fourth-order valence-corrected chi connectivity index (χ4v) is 10.9. The molecule has 47 heavy (non-hydrogen) atoms. The first kappa shape index (κ1) is 28.7. The van der Waals surface area contributed by atoms with Crippen molar-refractivity contribution in [3.05, 3.63) is 188 Å². The second kappa shape index (κ2) is 12.2. The van der Waals surface area contributed by atoms with E-state index in [1.807, 2.05) is 6.07 Å². The summed E-state index contributed by atoms with van der Waals surface area (Å²) in [6, 6.07) is 67.8. The lowest BCUT2D eigenvalue weighted by Gasteiger charge is -2.50. The van der Waals surface area contributed by atoms with Gasteiger partial charge in [-0.25, -0.2) is 0 Å². The molecule has 0 N–H and O–H groups in total. The van der Waals surface area contributed by atoms with Gasteiger partial charge >= 0.3 is 0 Å². The zero-order valence-corrected chi connectivity index (χ0v) is 26.9. The maximum Gasteiger partial charge on any atom is 0.120 e. The van der Waals surface area contributed by atoms with E-state index in [1.54, 1.807) is 7.11 Å². The number of ether oxygens (including phenoxy) is 1. The van der Waals surface area contributed by atoms with Crippen LogP contribution in [0.3, 0.4) is 0 Å². The summed E-state index contributed by atoms with van der Waals surface area (Å²) in [7, 11) is -0.223. The van der Waals surface area contributed by atoms with Crippen LogP contribution in [0.2, 0.25) is 0 Å². The Morgan fingerprint density at radius 2 is 0.979 bits per heavy atom. The number of benzene rings is 7. The fraction of sp³-hybridized carbons (Fsp3) is 0.0233. The summed E-state index contributed by atoms with van der Waals surface area (Å²) in [5.74, 6) is 0.827. The van der Waals surface area contributed by atoms with Crippen LogP contribution in [0.15, 0.2) is 208 Å². The van der Waals surface area contributed by atoms with E-state index in [2.05, 4.69) is 192 Å². The molecule has 0 bridgehead atoms. The number of fused-ring (bicyclic) bond motifs is 2. The third-order valence-corrected chi connectivity index (χ3v) is 12.7. The predicted molar refractivity (Wildman–Crippen MR) is 196 cm³/mol. The molecular weight excluding hydrogens is 593 g/mol. The van der Waals surface area contributed by atoms with Crippen LogP contribution in [0.25, 0.3) is 0 Å². The average Bonchev–Trinajstić information content (AvgIpc) is 3.15. The highest BCUT2D eigenvalue weighted by molar-refractivity contribution is 8.34. The van der Waals surface area contributed by atoms with Crippen molar-refractivity contribution < 1.29 is 4.74 Å². The van der Waals surface area contributed by atoms with E-state index in [1.165, 1.54) is 25.3 Å². The largest absolute Gasteiger partial charge is 0.497 e. The molecule has 8 rings (SSSR count). The molecule has 0 fully saturated rings. The van der Waals surface area contributed by atoms with Gasteiger partial charge in [-0.3, -0.25) is 0 Å². The summed E-state index contributed by atoms with van der Waals surface area (Å²) in [5.41, 5.74) is 6.72. The van der Waals surface area contributed by atoms with E-state index in [0.29, 0.717) is 0 Å². The first-order valence-corrected chi connectivity index (χ1v) is 17.4. The Morgan fingerprint density at radius 1 is 0.447 bits per heavy atom. The number of hydrogen-bond acceptors (Lipinski definition) is 3. The second-order valence-electron chi connectivity index (χ2n) is 11.4. The first-order valence-electron chi connectivity index (χ1n) is 15.8. The van der Waals surface area contributed by atoms with Crippen molar-refractivity contribution in [1.29, 1.82) is 0 Å². The van der Waals surface area contributed by atoms with Crippen molar-refractivity contribution in [3.63, 3.8) is 0 Å². The van der Waals surface area contributed by atoms with Crippen LogP contribution < -0.4 is 14.5 Å². The van der Waals surface area contributed by atoms with Crippen molar-refractivity contribution in [3.8, 4) is 5.75 Å². The Hall–Kier alpha value is -5.71. The topological polar surface area (TPSA) is 15.7 Å². The molecule has 1 aliphatic rings. The van der Waals surface area contributed by atoms with Crippen LogP contribution in [-0.4, -0.2) is 7.11 Å². The minimum atomic E-state index is -1.95. The van der Waals surface area contributed by atoms with Crippen molar-refractivity contribution >= 4 is 44.2 Å². The van der Waals surface area contributed by atoms with E-state index in [-0.39, 0.29) is 0 Å². The van der Waals surface area contributed by atoms with Gasteiger partial charge in [-0.1, -0.05) is 91.0 Å². The average molecular weight is 627 g/mol. The summed E-state index contributed by atoms with van der Waals surface area (Å²) in [4.78, 5) is 9.95. The Morgan fingerprint density at radius 3 is 1.57 bits per heavy atom. The highest BCUT2D eigenvalue weighted by atomic mass is 32.3. The zero-order valence-electron chi connectivity index (χ0n) is 26.1. The molecule has 1 aliphatic heterocycles. The Balaban J connectivity index is 1.49. The van der Waals surface area contributed by atoms with Crippen LogP contribution in [0.1, 0.15) is 0 Å². The SMILES string of the molecule is COc1cccc(N2c3ccccc3S(c3ccccc3)(c3ccccc3)c3cc(N(c4ccccc4)c4ccccc4)ccc32)c1. The lowest BCUT2D eigenvalue weighted by molar-refractivity contribution is 0.415. The summed E-state index contributed by atoms with van der Waals surface area (Å²) in [5, 5.41) is 0. The molecule has 0 saturated heterocycles. The Bertz CT molecular complexity index is 2060. The molecule has 0 atom stereocenters. The molecule has 1 heterocycles. The normalized spacial score (nSPS) is 13.6. The third-order valence-electron chi connectivity index (χ3n) is 8.74. The molecule has 0 aliphatic carbocycles. The number of hydrogen-bond donors (Lipinski definition) is 0. The summed E-state index contributed by atoms with van der Waals surface area (Å²) in [6.45, 7) is 0. The van der Waals surface area contributed by atoms with Gasteiger partial charge in [0.15, 0.2) is 0 Å². The fourth-order valence-electron chi connectivity index (χ4n) is 6.74. The smallest absolute Gasteiger partial charge is 0.120 e. The number of anilines is 6. The van der Waals surface area contributed by atoms with Crippen molar-refractivity contribution in [1.82, 2.24) is 0 Å². The van der Waals surface area contributed by atoms with E-state index in [9.17, 15) is 0 Å². The molecule has 7 aromatic carbocycles. The molecular formula is C43H34N2OS. The Labute approximate surface area is 278 Å². The van der Waals surface area contributed by atoms with Crippen LogP contribution in [0.4, 0.5) is 34.1 Å². The van der Waals surface area contributed by atoms with Crippen molar-refractivity contribution in [2.45, 2.75) is 19.6 Å². The van der Waals surface area contributed by atoms with E-state index in [4.69, 9.17) is 4.74 Å². The monoisotopic (exact) mass is 626 g/mol. The first-order chi connectivity index (χ1) is 23.3. The van der Waals surface area contributed by atoms with Crippen molar-refractivity contribution in [2.24, 2.45) is 0 Å². The zero-order chi connectivity index (χ0) is 31.6. The highest BCUT2D eigenvalue weighted by Crippen LogP contribution is 2.79. The van der Waals surface area contributed by atoms with Gasteiger partial charge < -0.3 is 14.5 Å². The van der Waals surface area contributed by atoms with Gasteiger partial charge in [0.2, 0.25) is 0 Å². The number of para-hydroxylation sites is 3. The molecule has 0 saturated carbocycles. The maximum absolute atomic E-state index is 5.72. The summed E-state index contributed by atoms with van der Waals surface area (Å²) < 4.78 is 5.72. The van der Waals surface area contributed by atoms with Crippen LogP contribution in [0, 0.1) is 0 Å². The molecule has 228 valence electrons. The molecule has 0 radical (unpaired) electrons. The lowest BCUT2D eigenvalue weighted by Crippen LogP contribution is -2.22. The van der Waals surface area contributed by atoms with Gasteiger partial charge in [-0.15, -0.1) is 10.0 Å². The molecule has 3 nitrogen and oxygen atoms in total. The van der Waals surface area contributed by atoms with Crippen molar-refractivity contribution in [2.75, 3.05) is 16.9 Å². The quantitative estimate of drug-likeness (QED) is 0.175. The van der Waals surface area contributed by atoms with Crippen LogP contribution in [-0.2, 0) is 0 Å². The molecule has 7 aromatic rings. The van der Waals surface area contributed by atoms with E-state index >= 15 is 0 Å². The minimum absolute atomic E-state index is 0.827. The predicted octanol–water partition coefficient (Wildman–Crippen LogP) is 12.3. The number of rotatable bonds is 7. The van der Waals surface area contributed by atoms with Gasteiger partial charge in [0.05, 0.1) is 18.5 Å². The minimum Gasteiger partial charge on any atom is -0.497 e. The molecule has 0 spiro atoms. The molecule has 0 aromatic heterocycles. The highest BCUT2D eigenvalue weighted by Gasteiger charge is 2.43. The molecule has 0 amide bonds. The maximum atomic E-state index is 5.72. The van der Waals surface area contributed by atoms with Gasteiger partial charge in [-0.05, 0) is 91.0 Å². The second-order valence-corrected chi connectivity index (χ2v) is 14.4. The number of nitrogens with zero attached hydrogens (tertiary/aromatic N) is 2.